The molecule has 0 N–H and O–H groups in total. The van der Waals surface area contributed by atoms with E-state index in [1.807, 2.05) is 36.2 Å². The highest BCUT2D eigenvalue weighted by Gasteiger charge is 2.28. The molecular weight excluding hydrogens is 358 g/mol. The third-order valence-electron chi connectivity index (χ3n) is 4.92. The van der Waals surface area contributed by atoms with Gasteiger partial charge in [-0.3, -0.25) is 19.8 Å². The molecule has 0 bridgehead atoms. The molecule has 0 saturated heterocycles. The molecule has 1 amide bonds. The Hall–Kier alpha value is -3.55. The molecule has 1 aromatic heterocycles. The van der Waals surface area contributed by atoms with Gasteiger partial charge in [0.2, 0.25) is 0 Å². The lowest BCUT2D eigenvalue weighted by atomic mass is 10.1. The van der Waals surface area contributed by atoms with Crippen LogP contribution < -0.4 is 9.80 Å². The van der Waals surface area contributed by atoms with Crippen molar-refractivity contribution in [3.63, 3.8) is 0 Å². The summed E-state index contributed by atoms with van der Waals surface area (Å²) in [6.45, 7) is 2.85. The zero-order chi connectivity index (χ0) is 19.8. The normalized spacial score (nSPS) is 13.9. The van der Waals surface area contributed by atoms with E-state index in [-0.39, 0.29) is 17.2 Å². The molecule has 28 heavy (non-hydrogen) atoms. The van der Waals surface area contributed by atoms with Crippen LogP contribution in [0.2, 0.25) is 0 Å². The van der Waals surface area contributed by atoms with Crippen molar-refractivity contribution in [3.05, 3.63) is 63.7 Å². The molecule has 4 rings (SSSR count). The van der Waals surface area contributed by atoms with Crippen LogP contribution in [-0.4, -0.2) is 40.9 Å². The van der Waals surface area contributed by atoms with Gasteiger partial charge in [0.15, 0.2) is 11.6 Å². The van der Waals surface area contributed by atoms with Crippen molar-refractivity contribution in [1.82, 2.24) is 9.97 Å². The quantitative estimate of drug-likeness (QED) is 0.502. The predicted molar refractivity (Wildman–Crippen MR) is 107 cm³/mol. The molecule has 3 aromatic rings. The largest absolute Gasteiger partial charge is 0.357 e. The number of nitro benzene ring substituents is 1. The number of aryl methyl sites for hydroxylation is 1. The van der Waals surface area contributed by atoms with Crippen LogP contribution in [-0.2, 0) is 0 Å². The van der Waals surface area contributed by atoms with Crippen LogP contribution in [0.3, 0.4) is 0 Å². The summed E-state index contributed by atoms with van der Waals surface area (Å²) in [5, 5.41) is 11.3. The Labute approximate surface area is 161 Å². The van der Waals surface area contributed by atoms with E-state index in [1.54, 1.807) is 24.0 Å². The van der Waals surface area contributed by atoms with Crippen LogP contribution in [0.25, 0.3) is 11.0 Å². The summed E-state index contributed by atoms with van der Waals surface area (Å²) >= 11 is 0. The first-order valence-electron chi connectivity index (χ1n) is 9.00. The standard InChI is InChI=1S/C20H19N5O3/c1-13-8-9-14(12-17(13)25(27)28)20(26)24-11-5-10-23(2)18-19(24)22-16-7-4-3-6-15(16)21-18/h3-4,6-9,12H,5,10-11H2,1-2H3. The summed E-state index contributed by atoms with van der Waals surface area (Å²) in [6.07, 6.45) is 0.741. The number of carbonyl (C=O) groups is 1. The van der Waals surface area contributed by atoms with E-state index in [0.717, 1.165) is 18.5 Å². The van der Waals surface area contributed by atoms with Crippen molar-refractivity contribution in [3.8, 4) is 0 Å². The molecule has 0 saturated carbocycles. The van der Waals surface area contributed by atoms with Gasteiger partial charge in [-0.2, -0.15) is 0 Å². The Morgan fingerprint density at radius 3 is 2.43 bits per heavy atom. The van der Waals surface area contributed by atoms with Crippen LogP contribution in [0.15, 0.2) is 42.5 Å². The number of fused-ring (bicyclic) bond motifs is 2. The predicted octanol–water partition coefficient (Wildman–Crippen LogP) is 3.33. The summed E-state index contributed by atoms with van der Waals surface area (Å²) < 4.78 is 0. The fraction of sp³-hybridized carbons (Fsp3) is 0.250. The van der Waals surface area contributed by atoms with Gasteiger partial charge in [0.1, 0.15) is 0 Å². The van der Waals surface area contributed by atoms with Crippen molar-refractivity contribution in [2.75, 3.05) is 29.9 Å². The van der Waals surface area contributed by atoms with Gasteiger partial charge in [0.25, 0.3) is 11.6 Å². The summed E-state index contributed by atoms with van der Waals surface area (Å²) in [7, 11) is 1.92. The molecule has 142 valence electrons. The average Bonchev–Trinajstić information content (AvgIpc) is 2.85. The van der Waals surface area contributed by atoms with Crippen LogP contribution in [0.4, 0.5) is 17.3 Å². The lowest BCUT2D eigenvalue weighted by Gasteiger charge is -2.23. The van der Waals surface area contributed by atoms with Gasteiger partial charge in [-0.25, -0.2) is 9.97 Å². The number of nitrogens with zero attached hydrogens (tertiary/aromatic N) is 5. The maximum atomic E-state index is 13.3. The molecule has 0 aliphatic carbocycles. The fourth-order valence-electron chi connectivity index (χ4n) is 3.39. The topological polar surface area (TPSA) is 92.5 Å². The summed E-state index contributed by atoms with van der Waals surface area (Å²) in [6, 6.07) is 12.1. The second-order valence-corrected chi connectivity index (χ2v) is 6.85. The number of carbonyl (C=O) groups excluding carboxylic acids is 1. The number of aromatic nitrogens is 2. The SMILES string of the molecule is Cc1ccc(C(=O)N2CCCN(C)c3nc4ccccc4nc32)cc1[N+](=O)[O-]. The minimum Gasteiger partial charge on any atom is -0.357 e. The minimum atomic E-state index is -0.469. The van der Waals surface area contributed by atoms with Crippen LogP contribution in [0, 0.1) is 17.0 Å². The third-order valence-corrected chi connectivity index (χ3v) is 4.92. The number of anilines is 2. The lowest BCUT2D eigenvalue weighted by Crippen LogP contribution is -2.32. The van der Waals surface area contributed by atoms with Crippen molar-refractivity contribution in [2.45, 2.75) is 13.3 Å². The van der Waals surface area contributed by atoms with E-state index in [0.29, 0.717) is 29.3 Å². The molecule has 0 fully saturated rings. The highest BCUT2D eigenvalue weighted by atomic mass is 16.6. The van der Waals surface area contributed by atoms with E-state index in [2.05, 4.69) is 0 Å². The van der Waals surface area contributed by atoms with Crippen LogP contribution in [0.1, 0.15) is 22.3 Å². The fourth-order valence-corrected chi connectivity index (χ4v) is 3.39. The van der Waals surface area contributed by atoms with E-state index in [9.17, 15) is 14.9 Å². The van der Waals surface area contributed by atoms with E-state index >= 15 is 0 Å². The first kappa shape index (κ1) is 17.8. The van der Waals surface area contributed by atoms with E-state index < -0.39 is 4.92 Å². The van der Waals surface area contributed by atoms with Crippen LogP contribution in [0.5, 0.6) is 0 Å². The Kier molecular flexibility index (Phi) is 4.38. The van der Waals surface area contributed by atoms with E-state index in [1.165, 1.54) is 6.07 Å². The zero-order valence-corrected chi connectivity index (χ0v) is 15.6. The Balaban J connectivity index is 1.83. The maximum Gasteiger partial charge on any atom is 0.273 e. The minimum absolute atomic E-state index is 0.0670. The van der Waals surface area contributed by atoms with Crippen molar-refractivity contribution < 1.29 is 9.72 Å². The molecule has 0 radical (unpaired) electrons. The second kappa shape index (κ2) is 6.88. The number of rotatable bonds is 2. The Morgan fingerprint density at radius 2 is 1.75 bits per heavy atom. The molecule has 0 spiro atoms. The zero-order valence-electron chi connectivity index (χ0n) is 15.6. The highest BCUT2D eigenvalue weighted by Crippen LogP contribution is 2.31. The summed E-state index contributed by atoms with van der Waals surface area (Å²) in [5.74, 6) is 0.794. The number of para-hydroxylation sites is 2. The van der Waals surface area contributed by atoms with Crippen molar-refractivity contribution >= 4 is 34.3 Å². The smallest absolute Gasteiger partial charge is 0.273 e. The number of benzene rings is 2. The molecule has 2 heterocycles. The molecule has 1 aliphatic rings. The maximum absolute atomic E-state index is 13.3. The van der Waals surface area contributed by atoms with Gasteiger partial charge in [0, 0.05) is 37.3 Å². The lowest BCUT2D eigenvalue weighted by molar-refractivity contribution is -0.385. The molecule has 0 atom stereocenters. The highest BCUT2D eigenvalue weighted by molar-refractivity contribution is 6.08. The summed E-state index contributed by atoms with van der Waals surface area (Å²) in [4.78, 5) is 37.0. The Bertz CT molecular complexity index is 1100. The molecule has 8 nitrogen and oxygen atoms in total. The average molecular weight is 377 g/mol. The van der Waals surface area contributed by atoms with Crippen molar-refractivity contribution in [1.29, 1.82) is 0 Å². The molecular formula is C20H19N5O3. The number of amides is 1. The van der Waals surface area contributed by atoms with Gasteiger partial charge in [-0.05, 0) is 31.5 Å². The van der Waals surface area contributed by atoms with Gasteiger partial charge in [-0.15, -0.1) is 0 Å². The Morgan fingerprint density at radius 1 is 1.07 bits per heavy atom. The number of hydrogen-bond donors (Lipinski definition) is 0. The molecule has 0 unspecified atom stereocenters. The molecule has 2 aromatic carbocycles. The van der Waals surface area contributed by atoms with Crippen molar-refractivity contribution in [2.24, 2.45) is 0 Å². The van der Waals surface area contributed by atoms with Gasteiger partial charge >= 0.3 is 0 Å². The third kappa shape index (κ3) is 3.02. The van der Waals surface area contributed by atoms with Gasteiger partial charge < -0.3 is 4.90 Å². The summed E-state index contributed by atoms with van der Waals surface area (Å²) in [5.41, 5.74) is 2.17. The second-order valence-electron chi connectivity index (χ2n) is 6.85. The van der Waals surface area contributed by atoms with Crippen LogP contribution >= 0.6 is 0 Å². The van der Waals surface area contributed by atoms with Gasteiger partial charge in [0.05, 0.1) is 16.0 Å². The number of hydrogen-bond acceptors (Lipinski definition) is 6. The molecule has 8 heteroatoms. The molecule has 1 aliphatic heterocycles. The monoisotopic (exact) mass is 377 g/mol. The first-order valence-corrected chi connectivity index (χ1v) is 9.00. The first-order chi connectivity index (χ1) is 13.5. The van der Waals surface area contributed by atoms with E-state index in [4.69, 9.17) is 9.97 Å². The number of nitro groups is 1. The van der Waals surface area contributed by atoms with Gasteiger partial charge in [-0.1, -0.05) is 18.2 Å².